The van der Waals surface area contributed by atoms with Gasteiger partial charge in [0.05, 0.1) is 19.3 Å². The number of nitrogens with zero attached hydrogens (tertiary/aromatic N) is 1. The molecule has 1 saturated heterocycles. The van der Waals surface area contributed by atoms with Crippen molar-refractivity contribution in [3.05, 3.63) is 0 Å². The number of hydrogen-bond donors (Lipinski definition) is 2. The number of fused-ring (bicyclic) bond motifs is 1. The first-order chi connectivity index (χ1) is 9.73. The van der Waals surface area contributed by atoms with E-state index < -0.39 is 0 Å². The van der Waals surface area contributed by atoms with E-state index in [9.17, 15) is 5.11 Å². The number of nitrogens with two attached hydrogens (primary N) is 1. The van der Waals surface area contributed by atoms with Crippen molar-refractivity contribution in [1.29, 1.82) is 0 Å². The summed E-state index contributed by atoms with van der Waals surface area (Å²) in [5.41, 5.74) is 6.05. The van der Waals surface area contributed by atoms with Gasteiger partial charge in [-0.05, 0) is 44.6 Å². The number of hydrogen-bond acceptors (Lipinski definition) is 4. The Bertz CT molecular complexity index is 324. The molecule has 4 atom stereocenters. The molecule has 0 aromatic heterocycles. The Balaban J connectivity index is 1.54. The lowest BCUT2D eigenvalue weighted by Gasteiger charge is -2.44. The Labute approximate surface area is 122 Å². The van der Waals surface area contributed by atoms with E-state index in [0.29, 0.717) is 18.1 Å². The van der Waals surface area contributed by atoms with Gasteiger partial charge in [-0.15, -0.1) is 0 Å². The molecule has 2 aliphatic carbocycles. The van der Waals surface area contributed by atoms with Crippen LogP contribution in [0.2, 0.25) is 0 Å². The third-order valence-corrected chi connectivity index (χ3v) is 5.91. The molecule has 3 N–H and O–H groups in total. The fourth-order valence-electron chi connectivity index (χ4n) is 4.58. The molecule has 2 saturated carbocycles. The Morgan fingerprint density at radius 2 is 2.05 bits per heavy atom. The minimum Gasteiger partial charge on any atom is -0.394 e. The average molecular weight is 282 g/mol. The highest BCUT2D eigenvalue weighted by Gasteiger charge is 2.40. The SMILES string of the molecule is NC1(CO)CCCC1CCN1CCOC2CCCCC21. The smallest absolute Gasteiger partial charge is 0.0730 e. The Hall–Kier alpha value is -0.160. The summed E-state index contributed by atoms with van der Waals surface area (Å²) in [6, 6.07) is 0.639. The van der Waals surface area contributed by atoms with E-state index in [2.05, 4.69) is 4.90 Å². The molecule has 4 nitrogen and oxygen atoms in total. The number of rotatable bonds is 4. The van der Waals surface area contributed by atoms with Gasteiger partial charge < -0.3 is 15.6 Å². The van der Waals surface area contributed by atoms with Gasteiger partial charge in [0.15, 0.2) is 0 Å². The summed E-state index contributed by atoms with van der Waals surface area (Å²) >= 11 is 0. The minimum atomic E-state index is -0.307. The first kappa shape index (κ1) is 14.8. The van der Waals surface area contributed by atoms with Crippen LogP contribution in [0.15, 0.2) is 0 Å². The highest BCUT2D eigenvalue weighted by molar-refractivity contribution is 4.97. The standard InChI is InChI=1S/C16H30N2O2/c17-16(12-19)8-3-4-13(16)7-9-18-10-11-20-15-6-2-1-5-14(15)18/h13-15,19H,1-12,17H2. The van der Waals surface area contributed by atoms with Crippen molar-refractivity contribution in [3.8, 4) is 0 Å². The van der Waals surface area contributed by atoms with Gasteiger partial charge in [-0.3, -0.25) is 4.90 Å². The van der Waals surface area contributed by atoms with Gasteiger partial charge in [0.1, 0.15) is 0 Å². The minimum absolute atomic E-state index is 0.146. The molecular weight excluding hydrogens is 252 g/mol. The number of aliphatic hydroxyl groups excluding tert-OH is 1. The molecule has 3 fully saturated rings. The van der Waals surface area contributed by atoms with Gasteiger partial charge >= 0.3 is 0 Å². The Morgan fingerprint density at radius 1 is 1.20 bits per heavy atom. The maximum absolute atomic E-state index is 9.56. The topological polar surface area (TPSA) is 58.7 Å². The second-order valence-corrected chi connectivity index (χ2v) is 7.07. The molecule has 1 heterocycles. The normalized spacial score (nSPS) is 42.6. The first-order valence-corrected chi connectivity index (χ1v) is 8.48. The van der Waals surface area contributed by atoms with Crippen molar-refractivity contribution < 1.29 is 9.84 Å². The summed E-state index contributed by atoms with van der Waals surface area (Å²) in [6.45, 7) is 3.24. The van der Waals surface area contributed by atoms with Crippen LogP contribution in [-0.4, -0.2) is 54.0 Å². The molecule has 0 aromatic rings. The van der Waals surface area contributed by atoms with Crippen molar-refractivity contribution in [1.82, 2.24) is 4.90 Å². The second-order valence-electron chi connectivity index (χ2n) is 7.07. The molecule has 1 aliphatic heterocycles. The molecule has 20 heavy (non-hydrogen) atoms. The zero-order valence-electron chi connectivity index (χ0n) is 12.6. The van der Waals surface area contributed by atoms with Gasteiger partial charge in [-0.1, -0.05) is 19.3 Å². The van der Waals surface area contributed by atoms with Gasteiger partial charge in [-0.25, -0.2) is 0 Å². The van der Waals surface area contributed by atoms with Crippen LogP contribution in [0, 0.1) is 5.92 Å². The van der Waals surface area contributed by atoms with Gasteiger partial charge in [0.2, 0.25) is 0 Å². The van der Waals surface area contributed by atoms with Crippen molar-refractivity contribution in [2.24, 2.45) is 11.7 Å². The maximum atomic E-state index is 9.56. The zero-order valence-corrected chi connectivity index (χ0v) is 12.6. The number of aliphatic hydroxyl groups is 1. The van der Waals surface area contributed by atoms with Crippen molar-refractivity contribution in [2.75, 3.05) is 26.3 Å². The van der Waals surface area contributed by atoms with Gasteiger partial charge in [0, 0.05) is 18.1 Å². The summed E-state index contributed by atoms with van der Waals surface area (Å²) in [4.78, 5) is 2.64. The van der Waals surface area contributed by atoms with Gasteiger partial charge in [-0.2, -0.15) is 0 Å². The first-order valence-electron chi connectivity index (χ1n) is 8.48. The molecule has 0 spiro atoms. The van der Waals surface area contributed by atoms with Crippen molar-refractivity contribution >= 4 is 0 Å². The quantitative estimate of drug-likeness (QED) is 0.820. The van der Waals surface area contributed by atoms with Gasteiger partial charge in [0.25, 0.3) is 0 Å². The lowest BCUT2D eigenvalue weighted by molar-refractivity contribution is -0.0897. The summed E-state index contributed by atoms with van der Waals surface area (Å²) in [5.74, 6) is 0.498. The van der Waals surface area contributed by atoms with E-state index in [0.717, 1.165) is 32.5 Å². The van der Waals surface area contributed by atoms with Crippen LogP contribution in [0.25, 0.3) is 0 Å². The summed E-state index contributed by atoms with van der Waals surface area (Å²) in [6.07, 6.45) is 10.2. The predicted molar refractivity (Wildman–Crippen MR) is 79.5 cm³/mol. The van der Waals surface area contributed by atoms with E-state index >= 15 is 0 Å². The van der Waals surface area contributed by atoms with Crippen LogP contribution in [0.5, 0.6) is 0 Å². The fraction of sp³-hybridized carbons (Fsp3) is 1.00. The largest absolute Gasteiger partial charge is 0.394 e. The van der Waals surface area contributed by atoms with Crippen molar-refractivity contribution in [2.45, 2.75) is 69.1 Å². The summed E-state index contributed by atoms with van der Waals surface area (Å²) in [7, 11) is 0. The summed E-state index contributed by atoms with van der Waals surface area (Å²) < 4.78 is 5.94. The maximum Gasteiger partial charge on any atom is 0.0730 e. The molecule has 4 unspecified atom stereocenters. The number of ether oxygens (including phenoxy) is 1. The Kier molecular flexibility index (Phi) is 4.65. The summed E-state index contributed by atoms with van der Waals surface area (Å²) in [5, 5.41) is 9.56. The molecule has 3 aliphatic rings. The highest BCUT2D eigenvalue weighted by atomic mass is 16.5. The highest BCUT2D eigenvalue weighted by Crippen LogP contribution is 2.36. The van der Waals surface area contributed by atoms with Crippen LogP contribution < -0.4 is 5.73 Å². The lowest BCUT2D eigenvalue weighted by Crippen LogP contribution is -2.54. The lowest BCUT2D eigenvalue weighted by atomic mass is 9.85. The van der Waals surface area contributed by atoms with Crippen LogP contribution in [0.1, 0.15) is 51.4 Å². The Morgan fingerprint density at radius 3 is 2.90 bits per heavy atom. The van der Waals surface area contributed by atoms with E-state index in [4.69, 9.17) is 10.5 Å². The third kappa shape index (κ3) is 2.89. The molecule has 0 bridgehead atoms. The molecular formula is C16H30N2O2. The monoisotopic (exact) mass is 282 g/mol. The number of morpholine rings is 1. The molecule has 0 amide bonds. The predicted octanol–water partition coefficient (Wildman–Crippen LogP) is 1.51. The van der Waals surface area contributed by atoms with E-state index in [1.54, 1.807) is 0 Å². The molecule has 0 aromatic carbocycles. The molecule has 116 valence electrons. The third-order valence-electron chi connectivity index (χ3n) is 5.91. The molecule has 0 radical (unpaired) electrons. The molecule has 4 heteroatoms. The molecule has 3 rings (SSSR count). The van der Waals surface area contributed by atoms with Crippen LogP contribution in [0.3, 0.4) is 0 Å². The fourth-order valence-corrected chi connectivity index (χ4v) is 4.58. The van der Waals surface area contributed by atoms with Crippen LogP contribution in [0.4, 0.5) is 0 Å². The zero-order chi connectivity index (χ0) is 14.0. The van der Waals surface area contributed by atoms with Crippen LogP contribution >= 0.6 is 0 Å². The van der Waals surface area contributed by atoms with E-state index in [-0.39, 0.29) is 12.1 Å². The van der Waals surface area contributed by atoms with E-state index in [1.807, 2.05) is 0 Å². The second kappa shape index (κ2) is 6.30. The van der Waals surface area contributed by atoms with Crippen molar-refractivity contribution in [3.63, 3.8) is 0 Å². The van der Waals surface area contributed by atoms with Crippen LogP contribution in [-0.2, 0) is 4.74 Å². The van der Waals surface area contributed by atoms with E-state index in [1.165, 1.54) is 38.5 Å². The average Bonchev–Trinajstić information content (AvgIpc) is 2.87.